The average molecular weight is 551 g/mol. The first-order valence-corrected chi connectivity index (χ1v) is 12.7. The first kappa shape index (κ1) is 23.6. The summed E-state index contributed by atoms with van der Waals surface area (Å²) in [5.41, 5.74) is 4.16. The van der Waals surface area contributed by atoms with Crippen molar-refractivity contribution in [2.45, 2.75) is 25.8 Å². The predicted octanol–water partition coefficient (Wildman–Crippen LogP) is 6.32. The molecule has 0 saturated carbocycles. The molecule has 1 aliphatic rings. The minimum absolute atomic E-state index is 0.0932. The molecule has 0 atom stereocenters. The molecule has 0 spiro atoms. The van der Waals surface area contributed by atoms with Crippen LogP contribution < -0.4 is 5.32 Å². The van der Waals surface area contributed by atoms with Gasteiger partial charge in [0.2, 0.25) is 5.91 Å². The highest BCUT2D eigenvalue weighted by atomic mass is 79.9. The molecule has 0 aliphatic carbocycles. The van der Waals surface area contributed by atoms with Crippen LogP contribution in [0.5, 0.6) is 0 Å². The largest absolute Gasteiger partial charge is 0.367 e. The molecule has 4 aromatic rings. The van der Waals surface area contributed by atoms with E-state index in [1.165, 1.54) is 0 Å². The second-order valence-corrected chi connectivity index (χ2v) is 9.94. The minimum Gasteiger partial charge on any atom is -0.367 e. The molecule has 178 valence electrons. The molecule has 1 N–H and O–H groups in total. The molecule has 0 radical (unpaired) electrons. The van der Waals surface area contributed by atoms with Crippen LogP contribution in [0, 0.1) is 0 Å². The number of aromatic nitrogens is 3. The lowest BCUT2D eigenvalue weighted by Crippen LogP contribution is -2.42. The second-order valence-electron chi connectivity index (χ2n) is 8.68. The first-order valence-electron chi connectivity index (χ1n) is 11.6. The molecule has 1 fully saturated rings. The van der Waals surface area contributed by atoms with Crippen LogP contribution in [0.2, 0.25) is 5.02 Å². The number of nitrogens with one attached hydrogen (secondary N) is 1. The Morgan fingerprint density at radius 3 is 2.57 bits per heavy atom. The van der Waals surface area contributed by atoms with Crippen LogP contribution in [0.25, 0.3) is 23.0 Å². The number of piperidine rings is 1. The predicted molar refractivity (Wildman–Crippen MR) is 144 cm³/mol. The van der Waals surface area contributed by atoms with Crippen molar-refractivity contribution in [3.8, 4) is 11.3 Å². The van der Waals surface area contributed by atoms with Gasteiger partial charge in [-0.2, -0.15) is 9.61 Å². The van der Waals surface area contributed by atoms with E-state index in [1.54, 1.807) is 10.7 Å². The van der Waals surface area contributed by atoms with Gasteiger partial charge in [0.25, 0.3) is 0 Å². The van der Waals surface area contributed by atoms with Crippen molar-refractivity contribution < 1.29 is 4.79 Å². The monoisotopic (exact) mass is 549 g/mol. The molecule has 0 bridgehead atoms. The first-order chi connectivity index (χ1) is 17.0. The highest BCUT2D eigenvalue weighted by Gasteiger charge is 2.24. The van der Waals surface area contributed by atoms with Gasteiger partial charge in [-0.1, -0.05) is 60.1 Å². The third kappa shape index (κ3) is 5.11. The van der Waals surface area contributed by atoms with Crippen LogP contribution in [-0.4, -0.2) is 44.5 Å². The Balaban J connectivity index is 1.31. The summed E-state index contributed by atoms with van der Waals surface area (Å²) in [6.07, 6.45) is 5.38. The summed E-state index contributed by atoms with van der Waals surface area (Å²) < 4.78 is 2.62. The van der Waals surface area contributed by atoms with E-state index in [9.17, 15) is 4.79 Å². The molecule has 1 amide bonds. The van der Waals surface area contributed by atoms with Crippen LogP contribution in [0.4, 0.5) is 5.82 Å². The topological polar surface area (TPSA) is 62.5 Å². The van der Waals surface area contributed by atoms with Crippen molar-refractivity contribution in [3.05, 3.63) is 87.5 Å². The summed E-state index contributed by atoms with van der Waals surface area (Å²) in [5, 5.41) is 8.78. The molecule has 2 aromatic carbocycles. The number of amides is 1. The zero-order valence-electron chi connectivity index (χ0n) is 19.3. The summed E-state index contributed by atoms with van der Waals surface area (Å²) in [4.78, 5) is 19.7. The van der Waals surface area contributed by atoms with Gasteiger partial charge in [0, 0.05) is 41.4 Å². The summed E-state index contributed by atoms with van der Waals surface area (Å²) in [6.45, 7) is 3.29. The fourth-order valence-corrected chi connectivity index (χ4v) is 4.97. The fourth-order valence-electron chi connectivity index (χ4n) is 4.39. The Hall–Kier alpha value is -3.16. The summed E-state index contributed by atoms with van der Waals surface area (Å²) >= 11 is 10.0. The number of anilines is 1. The van der Waals surface area contributed by atoms with E-state index in [2.05, 4.69) is 26.3 Å². The van der Waals surface area contributed by atoms with Crippen molar-refractivity contribution >= 4 is 51.0 Å². The number of hydrogen-bond donors (Lipinski definition) is 1. The van der Waals surface area contributed by atoms with E-state index in [4.69, 9.17) is 16.6 Å². The van der Waals surface area contributed by atoms with Crippen LogP contribution >= 0.6 is 27.5 Å². The molecule has 1 aliphatic heterocycles. The second kappa shape index (κ2) is 10.2. The number of halogens is 2. The van der Waals surface area contributed by atoms with Gasteiger partial charge in [0.1, 0.15) is 5.82 Å². The Bertz CT molecular complexity index is 1390. The highest BCUT2D eigenvalue weighted by molar-refractivity contribution is 9.10. The fraction of sp³-hybridized carbons (Fsp3) is 0.222. The molecule has 2 aromatic heterocycles. The number of rotatable bonds is 5. The number of nitrogens with zero attached hydrogens (tertiary/aromatic N) is 4. The maximum Gasteiger partial charge on any atom is 0.249 e. The summed E-state index contributed by atoms with van der Waals surface area (Å²) in [5.74, 6) is 0.941. The van der Waals surface area contributed by atoms with Crippen molar-refractivity contribution in [1.82, 2.24) is 19.5 Å². The Labute approximate surface area is 217 Å². The number of carbonyl (C=O) groups is 1. The number of fused-ring (bicyclic) bond motifs is 1. The van der Waals surface area contributed by atoms with Gasteiger partial charge in [-0.05, 0) is 53.4 Å². The third-order valence-corrected chi connectivity index (χ3v) is 7.12. The van der Waals surface area contributed by atoms with Crippen LogP contribution in [0.3, 0.4) is 0 Å². The number of hydrogen-bond acceptors (Lipinski definition) is 4. The van der Waals surface area contributed by atoms with Gasteiger partial charge in [-0.15, -0.1) is 0 Å². The van der Waals surface area contributed by atoms with Crippen LogP contribution in [0.1, 0.15) is 25.3 Å². The Morgan fingerprint density at radius 1 is 1.11 bits per heavy atom. The van der Waals surface area contributed by atoms with E-state index in [0.717, 1.165) is 51.2 Å². The molecular formula is C27H25BrClN5O. The van der Waals surface area contributed by atoms with Crippen molar-refractivity contribution in [3.63, 3.8) is 0 Å². The van der Waals surface area contributed by atoms with Gasteiger partial charge < -0.3 is 10.2 Å². The normalized spacial score (nSPS) is 14.9. The molecule has 6 nitrogen and oxygen atoms in total. The Kier molecular flexibility index (Phi) is 6.88. The van der Waals surface area contributed by atoms with Crippen molar-refractivity contribution in [2.75, 3.05) is 18.4 Å². The highest BCUT2D eigenvalue weighted by Crippen LogP contribution is 2.31. The third-order valence-electron chi connectivity index (χ3n) is 6.23. The average Bonchev–Trinajstić information content (AvgIpc) is 3.26. The zero-order valence-corrected chi connectivity index (χ0v) is 21.6. The quantitative estimate of drug-likeness (QED) is 0.296. The van der Waals surface area contributed by atoms with E-state index >= 15 is 0 Å². The molecular weight excluding hydrogens is 526 g/mol. The summed E-state index contributed by atoms with van der Waals surface area (Å²) in [6, 6.07) is 19.8. The number of carbonyl (C=O) groups excluding carboxylic acids is 1. The van der Waals surface area contributed by atoms with E-state index in [-0.39, 0.29) is 11.9 Å². The van der Waals surface area contributed by atoms with Gasteiger partial charge in [-0.25, -0.2) is 4.98 Å². The standard InChI is InChI=1S/C27H25BrClN5O/c1-18(15-19-7-3-2-4-8-19)27(35)33-13-11-20(12-14-33)31-25-16-24(21-9-5-6-10-23(21)29)32-26-22(28)17-30-34(25)26/h2-10,15-17,20,31H,11-14H2,1H3. The smallest absolute Gasteiger partial charge is 0.249 e. The van der Waals surface area contributed by atoms with Gasteiger partial charge >= 0.3 is 0 Å². The van der Waals surface area contributed by atoms with Crippen molar-refractivity contribution in [1.29, 1.82) is 0 Å². The maximum atomic E-state index is 13.0. The van der Waals surface area contributed by atoms with Gasteiger partial charge in [0.05, 0.1) is 16.4 Å². The lowest BCUT2D eigenvalue weighted by atomic mass is 10.0. The number of benzene rings is 2. The Morgan fingerprint density at radius 2 is 1.83 bits per heavy atom. The lowest BCUT2D eigenvalue weighted by molar-refractivity contribution is -0.127. The molecule has 1 saturated heterocycles. The molecule has 35 heavy (non-hydrogen) atoms. The van der Waals surface area contributed by atoms with Crippen LogP contribution in [0.15, 0.2) is 76.9 Å². The van der Waals surface area contributed by atoms with E-state index in [0.29, 0.717) is 18.1 Å². The summed E-state index contributed by atoms with van der Waals surface area (Å²) in [7, 11) is 0. The minimum atomic E-state index is 0.0932. The van der Waals surface area contributed by atoms with Crippen LogP contribution in [-0.2, 0) is 4.79 Å². The van der Waals surface area contributed by atoms with Crippen molar-refractivity contribution in [2.24, 2.45) is 0 Å². The zero-order chi connectivity index (χ0) is 24.4. The molecule has 8 heteroatoms. The van der Waals surface area contributed by atoms with Gasteiger partial charge in [0.15, 0.2) is 5.65 Å². The molecule has 5 rings (SSSR count). The molecule has 0 unspecified atom stereocenters. The SMILES string of the molecule is CC(=Cc1ccccc1)C(=O)N1CCC(Nc2cc(-c3ccccc3Cl)nc3c(Br)cnn23)CC1. The number of likely N-dealkylation sites (tertiary alicyclic amines) is 1. The lowest BCUT2D eigenvalue weighted by Gasteiger charge is -2.33. The maximum absolute atomic E-state index is 13.0. The van der Waals surface area contributed by atoms with E-state index in [1.807, 2.05) is 78.6 Å². The van der Waals surface area contributed by atoms with Gasteiger partial charge in [-0.3, -0.25) is 4.79 Å². The van der Waals surface area contributed by atoms with E-state index < -0.39 is 0 Å². The molecule has 3 heterocycles.